The van der Waals surface area contributed by atoms with Gasteiger partial charge in [0.15, 0.2) is 5.82 Å². The van der Waals surface area contributed by atoms with E-state index < -0.39 is 0 Å². The average Bonchev–Trinajstić information content (AvgIpc) is 2.81. The van der Waals surface area contributed by atoms with Crippen molar-refractivity contribution in [2.75, 3.05) is 5.32 Å². The minimum atomic E-state index is -0.330. The molecule has 0 saturated carbocycles. The maximum Gasteiger partial charge on any atom is 0.256 e. The van der Waals surface area contributed by atoms with Crippen LogP contribution in [0.4, 0.5) is 5.82 Å². The van der Waals surface area contributed by atoms with Crippen LogP contribution < -0.4 is 5.32 Å². The topological polar surface area (TPSA) is 78.0 Å². The molecule has 2 rings (SSSR count). The standard InChI is InChI=1S/C13H14ClN3O2/c1-7(2)10-6-12(17-16-10)15-13(19)8-3-4-11(18)9(14)5-8/h3-7,18H,1-2H3,(H2,15,16,17,19). The fourth-order valence-corrected chi connectivity index (χ4v) is 1.71. The molecule has 0 saturated heterocycles. The van der Waals surface area contributed by atoms with Gasteiger partial charge in [-0.1, -0.05) is 25.4 Å². The Bertz CT molecular complexity index is 608. The van der Waals surface area contributed by atoms with E-state index in [2.05, 4.69) is 15.5 Å². The van der Waals surface area contributed by atoms with Crippen LogP contribution in [0.1, 0.15) is 35.8 Å². The van der Waals surface area contributed by atoms with Gasteiger partial charge in [0.1, 0.15) is 5.75 Å². The molecule has 0 bridgehead atoms. The van der Waals surface area contributed by atoms with Crippen molar-refractivity contribution in [3.8, 4) is 5.75 Å². The molecule has 1 aromatic carbocycles. The number of H-pyrrole nitrogens is 1. The van der Waals surface area contributed by atoms with Gasteiger partial charge < -0.3 is 10.4 Å². The van der Waals surface area contributed by atoms with Crippen LogP contribution in [0.3, 0.4) is 0 Å². The zero-order valence-electron chi connectivity index (χ0n) is 10.6. The minimum Gasteiger partial charge on any atom is -0.506 e. The first-order valence-corrected chi connectivity index (χ1v) is 6.20. The van der Waals surface area contributed by atoms with E-state index >= 15 is 0 Å². The third-order valence-electron chi connectivity index (χ3n) is 2.67. The van der Waals surface area contributed by atoms with E-state index in [0.717, 1.165) is 5.69 Å². The Hall–Kier alpha value is -2.01. The number of phenolic OH excluding ortho intramolecular Hbond substituents is 1. The van der Waals surface area contributed by atoms with Crippen molar-refractivity contribution in [1.82, 2.24) is 10.2 Å². The highest BCUT2D eigenvalue weighted by Crippen LogP contribution is 2.24. The van der Waals surface area contributed by atoms with Crippen molar-refractivity contribution in [1.29, 1.82) is 0 Å². The molecule has 2 aromatic rings. The van der Waals surface area contributed by atoms with E-state index in [1.165, 1.54) is 18.2 Å². The van der Waals surface area contributed by atoms with Crippen molar-refractivity contribution >= 4 is 23.3 Å². The molecular weight excluding hydrogens is 266 g/mol. The van der Waals surface area contributed by atoms with Crippen LogP contribution in [0.15, 0.2) is 24.3 Å². The maximum absolute atomic E-state index is 12.0. The van der Waals surface area contributed by atoms with E-state index in [4.69, 9.17) is 11.6 Å². The largest absolute Gasteiger partial charge is 0.506 e. The Morgan fingerprint density at radius 2 is 2.16 bits per heavy atom. The van der Waals surface area contributed by atoms with Gasteiger partial charge in [-0.3, -0.25) is 9.89 Å². The number of aromatic amines is 1. The SMILES string of the molecule is CC(C)c1cc(NC(=O)c2ccc(O)c(Cl)c2)n[nH]1. The first-order chi connectivity index (χ1) is 8.97. The second-order valence-electron chi connectivity index (χ2n) is 4.48. The Kier molecular flexibility index (Phi) is 3.76. The average molecular weight is 280 g/mol. The van der Waals surface area contributed by atoms with Crippen molar-refractivity contribution in [3.05, 3.63) is 40.5 Å². The highest BCUT2D eigenvalue weighted by atomic mass is 35.5. The van der Waals surface area contributed by atoms with Gasteiger partial charge in [0.05, 0.1) is 5.02 Å². The molecule has 19 heavy (non-hydrogen) atoms. The zero-order valence-corrected chi connectivity index (χ0v) is 11.3. The molecule has 0 aliphatic carbocycles. The summed E-state index contributed by atoms with van der Waals surface area (Å²) in [7, 11) is 0. The van der Waals surface area contributed by atoms with Crippen LogP contribution in [0, 0.1) is 0 Å². The number of rotatable bonds is 3. The van der Waals surface area contributed by atoms with Gasteiger partial charge in [-0.05, 0) is 24.1 Å². The highest BCUT2D eigenvalue weighted by Gasteiger charge is 2.11. The molecule has 100 valence electrons. The van der Waals surface area contributed by atoms with E-state index in [-0.39, 0.29) is 16.7 Å². The van der Waals surface area contributed by atoms with Gasteiger partial charge in [0.2, 0.25) is 0 Å². The number of anilines is 1. The van der Waals surface area contributed by atoms with Crippen molar-refractivity contribution in [3.63, 3.8) is 0 Å². The van der Waals surface area contributed by atoms with Gasteiger partial charge in [0, 0.05) is 17.3 Å². The third-order valence-corrected chi connectivity index (χ3v) is 2.97. The maximum atomic E-state index is 12.0. The summed E-state index contributed by atoms with van der Waals surface area (Å²) in [5.74, 6) is 0.378. The Morgan fingerprint density at radius 3 is 2.74 bits per heavy atom. The van der Waals surface area contributed by atoms with Crippen molar-refractivity contribution in [2.24, 2.45) is 0 Å². The Labute approximate surface area is 115 Å². The van der Waals surface area contributed by atoms with Crippen LogP contribution in [0.25, 0.3) is 0 Å². The summed E-state index contributed by atoms with van der Waals surface area (Å²) in [5, 5.41) is 18.9. The van der Waals surface area contributed by atoms with E-state index in [1.807, 2.05) is 13.8 Å². The molecule has 1 aromatic heterocycles. The number of carbonyl (C=O) groups is 1. The number of hydrogen-bond acceptors (Lipinski definition) is 3. The summed E-state index contributed by atoms with van der Waals surface area (Å²) >= 11 is 5.75. The number of halogens is 1. The number of nitrogens with zero attached hydrogens (tertiary/aromatic N) is 1. The second-order valence-corrected chi connectivity index (χ2v) is 4.89. The van der Waals surface area contributed by atoms with Gasteiger partial charge in [-0.15, -0.1) is 0 Å². The monoisotopic (exact) mass is 279 g/mol. The van der Waals surface area contributed by atoms with Gasteiger partial charge >= 0.3 is 0 Å². The van der Waals surface area contributed by atoms with Crippen LogP contribution in [0.5, 0.6) is 5.75 Å². The molecule has 0 unspecified atom stereocenters. The van der Waals surface area contributed by atoms with Crippen molar-refractivity contribution in [2.45, 2.75) is 19.8 Å². The van der Waals surface area contributed by atoms with E-state index in [9.17, 15) is 9.90 Å². The second kappa shape index (κ2) is 5.32. The van der Waals surface area contributed by atoms with Crippen LogP contribution in [0.2, 0.25) is 5.02 Å². The molecule has 0 atom stereocenters. The molecule has 1 amide bonds. The lowest BCUT2D eigenvalue weighted by atomic mass is 10.1. The molecule has 0 fully saturated rings. The normalized spacial score (nSPS) is 10.7. The molecule has 0 radical (unpaired) electrons. The summed E-state index contributed by atoms with van der Waals surface area (Å²) in [6, 6.07) is 6.06. The lowest BCUT2D eigenvalue weighted by Crippen LogP contribution is -2.12. The van der Waals surface area contributed by atoms with Crippen molar-refractivity contribution < 1.29 is 9.90 Å². The summed E-state index contributed by atoms with van der Waals surface area (Å²) < 4.78 is 0. The number of benzene rings is 1. The summed E-state index contributed by atoms with van der Waals surface area (Å²) in [5.41, 5.74) is 1.30. The van der Waals surface area contributed by atoms with Gasteiger partial charge in [0.25, 0.3) is 5.91 Å². The molecule has 3 N–H and O–H groups in total. The van der Waals surface area contributed by atoms with E-state index in [0.29, 0.717) is 17.3 Å². The number of amides is 1. The summed E-state index contributed by atoms with van der Waals surface area (Å²) in [6.07, 6.45) is 0. The molecule has 0 spiro atoms. The highest BCUT2D eigenvalue weighted by molar-refractivity contribution is 6.32. The molecular formula is C13H14ClN3O2. The predicted octanol–water partition coefficient (Wildman–Crippen LogP) is 3.14. The third kappa shape index (κ3) is 3.06. The van der Waals surface area contributed by atoms with Crippen LogP contribution in [-0.2, 0) is 0 Å². The molecule has 5 nitrogen and oxygen atoms in total. The number of carbonyl (C=O) groups excluding carboxylic acids is 1. The lowest BCUT2D eigenvalue weighted by Gasteiger charge is -2.03. The quantitative estimate of drug-likeness (QED) is 0.807. The summed E-state index contributed by atoms with van der Waals surface area (Å²) in [4.78, 5) is 12.0. The fourth-order valence-electron chi connectivity index (χ4n) is 1.53. The Morgan fingerprint density at radius 1 is 1.42 bits per heavy atom. The van der Waals surface area contributed by atoms with Crippen LogP contribution >= 0.6 is 11.6 Å². The number of phenols is 1. The minimum absolute atomic E-state index is 0.0555. The first kappa shape index (κ1) is 13.4. The van der Waals surface area contributed by atoms with Crippen LogP contribution in [-0.4, -0.2) is 21.2 Å². The lowest BCUT2D eigenvalue weighted by molar-refractivity contribution is 0.102. The first-order valence-electron chi connectivity index (χ1n) is 5.82. The number of aromatic hydroxyl groups is 1. The molecule has 0 aliphatic heterocycles. The summed E-state index contributed by atoms with van der Waals surface area (Å²) in [6.45, 7) is 4.05. The molecule has 6 heteroatoms. The molecule has 1 heterocycles. The van der Waals surface area contributed by atoms with E-state index in [1.54, 1.807) is 6.07 Å². The molecule has 0 aliphatic rings. The predicted molar refractivity (Wildman–Crippen MR) is 73.7 cm³/mol. The smallest absolute Gasteiger partial charge is 0.256 e. The fraction of sp³-hybridized carbons (Fsp3) is 0.231. The Balaban J connectivity index is 2.13. The number of hydrogen-bond donors (Lipinski definition) is 3. The van der Waals surface area contributed by atoms with Gasteiger partial charge in [-0.2, -0.15) is 5.10 Å². The number of aromatic nitrogens is 2. The zero-order chi connectivity index (χ0) is 14.0. The number of nitrogens with one attached hydrogen (secondary N) is 2. The van der Waals surface area contributed by atoms with Gasteiger partial charge in [-0.25, -0.2) is 0 Å².